The van der Waals surface area contributed by atoms with Crippen molar-refractivity contribution >= 4 is 5.91 Å². The standard InChI is InChI=1S/C16H26N4O2/c1-19-13(7-8-17-19)5-6-16(21)18-14-11-22-12-15(14)20-9-3-2-4-10-20/h7-8,14-15H,2-6,9-12H2,1H3,(H,18,21). The first-order chi connectivity index (χ1) is 10.7. The van der Waals surface area contributed by atoms with E-state index < -0.39 is 0 Å². The van der Waals surface area contributed by atoms with Crippen LogP contribution >= 0.6 is 0 Å². The maximum atomic E-state index is 12.2. The van der Waals surface area contributed by atoms with Crippen molar-refractivity contribution in [1.82, 2.24) is 20.0 Å². The highest BCUT2D eigenvalue weighted by Crippen LogP contribution is 2.19. The summed E-state index contributed by atoms with van der Waals surface area (Å²) in [6.45, 7) is 3.65. The van der Waals surface area contributed by atoms with Crippen LogP contribution in [0.15, 0.2) is 12.3 Å². The van der Waals surface area contributed by atoms with Gasteiger partial charge in [-0.1, -0.05) is 6.42 Å². The Labute approximate surface area is 131 Å². The second-order valence-electron chi connectivity index (χ2n) is 6.32. The van der Waals surface area contributed by atoms with Crippen molar-refractivity contribution in [3.8, 4) is 0 Å². The molecule has 1 aromatic heterocycles. The van der Waals surface area contributed by atoms with Gasteiger partial charge in [-0.2, -0.15) is 5.10 Å². The van der Waals surface area contributed by atoms with E-state index in [0.717, 1.165) is 31.8 Å². The lowest BCUT2D eigenvalue weighted by Gasteiger charge is -2.34. The summed E-state index contributed by atoms with van der Waals surface area (Å²) in [6.07, 6.45) is 6.85. The number of ether oxygens (including phenoxy) is 1. The number of likely N-dealkylation sites (tertiary alicyclic amines) is 1. The van der Waals surface area contributed by atoms with Gasteiger partial charge in [0.05, 0.1) is 25.3 Å². The molecule has 1 amide bonds. The predicted octanol–water partition coefficient (Wildman–Crippen LogP) is 0.722. The second-order valence-corrected chi connectivity index (χ2v) is 6.32. The Morgan fingerprint density at radius 3 is 2.91 bits per heavy atom. The number of amides is 1. The summed E-state index contributed by atoms with van der Waals surface area (Å²) in [5.74, 6) is 0.110. The fourth-order valence-corrected chi connectivity index (χ4v) is 3.46. The maximum Gasteiger partial charge on any atom is 0.220 e. The number of hydrogen-bond donors (Lipinski definition) is 1. The van der Waals surface area contributed by atoms with Gasteiger partial charge < -0.3 is 10.1 Å². The van der Waals surface area contributed by atoms with E-state index in [0.29, 0.717) is 19.1 Å². The van der Waals surface area contributed by atoms with Crippen LogP contribution in [0.2, 0.25) is 0 Å². The van der Waals surface area contributed by atoms with Crippen molar-refractivity contribution in [3.63, 3.8) is 0 Å². The fraction of sp³-hybridized carbons (Fsp3) is 0.750. The molecule has 22 heavy (non-hydrogen) atoms. The van der Waals surface area contributed by atoms with Gasteiger partial charge in [-0.05, 0) is 38.4 Å². The summed E-state index contributed by atoms with van der Waals surface area (Å²) in [7, 11) is 1.91. The zero-order chi connectivity index (χ0) is 15.4. The minimum Gasteiger partial charge on any atom is -0.378 e. The third-order valence-electron chi connectivity index (χ3n) is 4.79. The number of nitrogens with one attached hydrogen (secondary N) is 1. The molecule has 0 aliphatic carbocycles. The number of hydrogen-bond acceptors (Lipinski definition) is 4. The molecule has 2 unspecified atom stereocenters. The van der Waals surface area contributed by atoms with E-state index in [1.54, 1.807) is 6.20 Å². The molecular formula is C16H26N4O2. The molecule has 2 saturated heterocycles. The molecule has 122 valence electrons. The molecule has 1 N–H and O–H groups in total. The van der Waals surface area contributed by atoms with Crippen molar-refractivity contribution in [1.29, 1.82) is 0 Å². The largest absolute Gasteiger partial charge is 0.378 e. The van der Waals surface area contributed by atoms with Gasteiger partial charge in [0.2, 0.25) is 5.91 Å². The van der Waals surface area contributed by atoms with Crippen LogP contribution < -0.4 is 5.32 Å². The summed E-state index contributed by atoms with van der Waals surface area (Å²) in [6, 6.07) is 2.45. The van der Waals surface area contributed by atoms with Gasteiger partial charge in [-0.25, -0.2) is 0 Å². The molecule has 0 aromatic carbocycles. The Hall–Kier alpha value is -1.40. The lowest BCUT2D eigenvalue weighted by atomic mass is 10.0. The van der Waals surface area contributed by atoms with Crippen LogP contribution in [0.5, 0.6) is 0 Å². The zero-order valence-corrected chi connectivity index (χ0v) is 13.3. The topological polar surface area (TPSA) is 59.4 Å². The van der Waals surface area contributed by atoms with Crippen LogP contribution in [0.25, 0.3) is 0 Å². The van der Waals surface area contributed by atoms with Gasteiger partial charge >= 0.3 is 0 Å². The predicted molar refractivity (Wildman–Crippen MR) is 83.5 cm³/mol. The summed E-state index contributed by atoms with van der Waals surface area (Å²) in [4.78, 5) is 14.7. The van der Waals surface area contributed by atoms with Crippen molar-refractivity contribution in [2.24, 2.45) is 7.05 Å². The van der Waals surface area contributed by atoms with E-state index in [-0.39, 0.29) is 11.9 Å². The van der Waals surface area contributed by atoms with E-state index in [1.807, 2.05) is 17.8 Å². The van der Waals surface area contributed by atoms with E-state index >= 15 is 0 Å². The van der Waals surface area contributed by atoms with Crippen LogP contribution in [0.4, 0.5) is 0 Å². The third-order valence-corrected chi connectivity index (χ3v) is 4.79. The third kappa shape index (κ3) is 3.67. The minimum atomic E-state index is 0.110. The fourth-order valence-electron chi connectivity index (χ4n) is 3.46. The van der Waals surface area contributed by atoms with E-state index in [4.69, 9.17) is 4.74 Å². The van der Waals surface area contributed by atoms with Crippen LogP contribution in [0.1, 0.15) is 31.4 Å². The number of nitrogens with zero attached hydrogens (tertiary/aromatic N) is 3. The number of aryl methyl sites for hydroxylation is 2. The molecule has 0 radical (unpaired) electrons. The highest BCUT2D eigenvalue weighted by molar-refractivity contribution is 5.76. The monoisotopic (exact) mass is 306 g/mol. The van der Waals surface area contributed by atoms with Crippen LogP contribution in [0, 0.1) is 0 Å². The summed E-state index contributed by atoms with van der Waals surface area (Å²) < 4.78 is 7.44. The smallest absolute Gasteiger partial charge is 0.220 e. The van der Waals surface area contributed by atoms with Crippen LogP contribution in [0.3, 0.4) is 0 Å². The maximum absolute atomic E-state index is 12.2. The lowest BCUT2D eigenvalue weighted by molar-refractivity contribution is -0.122. The molecule has 2 fully saturated rings. The minimum absolute atomic E-state index is 0.110. The Kier molecular flexibility index (Phi) is 5.10. The SMILES string of the molecule is Cn1nccc1CCC(=O)NC1COCC1N1CCCCC1. The summed E-state index contributed by atoms with van der Waals surface area (Å²) in [5, 5.41) is 7.30. The number of carbonyl (C=O) groups is 1. The second kappa shape index (κ2) is 7.24. The molecule has 1 aromatic rings. The summed E-state index contributed by atoms with van der Waals surface area (Å²) in [5.41, 5.74) is 1.09. The van der Waals surface area contributed by atoms with Crippen molar-refractivity contribution < 1.29 is 9.53 Å². The average Bonchev–Trinajstić information content (AvgIpc) is 3.15. The Morgan fingerprint density at radius 2 is 2.18 bits per heavy atom. The molecule has 0 saturated carbocycles. The van der Waals surface area contributed by atoms with Gasteiger partial charge in [-0.15, -0.1) is 0 Å². The highest BCUT2D eigenvalue weighted by atomic mass is 16.5. The molecule has 3 rings (SSSR count). The number of carbonyl (C=O) groups excluding carboxylic acids is 1. The first kappa shape index (κ1) is 15.5. The average molecular weight is 306 g/mol. The molecule has 0 spiro atoms. The molecular weight excluding hydrogens is 280 g/mol. The first-order valence-electron chi connectivity index (χ1n) is 8.32. The van der Waals surface area contributed by atoms with E-state index in [1.165, 1.54) is 19.3 Å². The van der Waals surface area contributed by atoms with E-state index in [9.17, 15) is 4.79 Å². The molecule has 6 heteroatoms. The zero-order valence-electron chi connectivity index (χ0n) is 13.3. The molecule has 2 atom stereocenters. The van der Waals surface area contributed by atoms with Gasteiger partial charge in [0.1, 0.15) is 0 Å². The molecule has 2 aliphatic heterocycles. The summed E-state index contributed by atoms with van der Waals surface area (Å²) >= 11 is 0. The lowest BCUT2D eigenvalue weighted by Crippen LogP contribution is -2.52. The van der Waals surface area contributed by atoms with Gasteiger partial charge in [0, 0.05) is 25.4 Å². The normalized spacial score (nSPS) is 26.2. The van der Waals surface area contributed by atoms with Crippen LogP contribution in [-0.4, -0.2) is 59.0 Å². The first-order valence-corrected chi connectivity index (χ1v) is 8.32. The van der Waals surface area contributed by atoms with Gasteiger partial charge in [0.15, 0.2) is 0 Å². The molecule has 0 bridgehead atoms. The number of aromatic nitrogens is 2. The van der Waals surface area contributed by atoms with Crippen molar-refractivity contribution in [3.05, 3.63) is 18.0 Å². The van der Waals surface area contributed by atoms with Gasteiger partial charge in [-0.3, -0.25) is 14.4 Å². The Bertz CT molecular complexity index is 496. The Balaban J connectivity index is 1.48. The van der Waals surface area contributed by atoms with Crippen LogP contribution in [-0.2, 0) is 23.0 Å². The number of rotatable bonds is 5. The van der Waals surface area contributed by atoms with Gasteiger partial charge in [0.25, 0.3) is 0 Å². The quantitative estimate of drug-likeness (QED) is 0.871. The molecule has 3 heterocycles. The Morgan fingerprint density at radius 1 is 1.36 bits per heavy atom. The molecule has 6 nitrogen and oxygen atoms in total. The van der Waals surface area contributed by atoms with E-state index in [2.05, 4.69) is 15.3 Å². The highest BCUT2D eigenvalue weighted by Gasteiger charge is 2.34. The molecule has 2 aliphatic rings. The van der Waals surface area contributed by atoms with Crippen molar-refractivity contribution in [2.75, 3.05) is 26.3 Å². The van der Waals surface area contributed by atoms with Crippen molar-refractivity contribution in [2.45, 2.75) is 44.2 Å². The number of piperidine rings is 1.